The quantitative estimate of drug-likeness (QED) is 0.0149. The molecule has 14 heteroatoms. The number of esters is 2. The largest absolute Gasteiger partial charge is 0.472 e. The second-order valence-electron chi connectivity index (χ2n) is 16.3. The number of rotatable bonds is 38. The fourth-order valence-corrected chi connectivity index (χ4v) is 7.95. The summed E-state index contributed by atoms with van der Waals surface area (Å²) in [6.45, 7) is 3.27. The summed E-state index contributed by atoms with van der Waals surface area (Å²) < 4.78 is 33.5. The molecule has 0 radical (unpaired) electrons. The smallest absolute Gasteiger partial charge is 0.462 e. The molecule has 0 bridgehead atoms. The van der Waals surface area contributed by atoms with Gasteiger partial charge in [0.2, 0.25) is 0 Å². The number of unbranched alkanes of at least 4 members (excludes halogenated alkanes) is 22. The maximum atomic E-state index is 12.8. The van der Waals surface area contributed by atoms with Gasteiger partial charge in [-0.25, -0.2) is 4.57 Å². The molecule has 0 amide bonds. The molecule has 59 heavy (non-hydrogen) atoms. The Morgan fingerprint density at radius 2 is 0.864 bits per heavy atom. The topological polar surface area (TPSA) is 210 Å². The summed E-state index contributed by atoms with van der Waals surface area (Å²) in [5.74, 6) is -1.11. The Hall–Kier alpha value is -1.67. The summed E-state index contributed by atoms with van der Waals surface area (Å²) in [6.07, 6.45) is 25.2. The number of phosphoric acid groups is 1. The molecule has 6 unspecified atom stereocenters. The predicted octanol–water partition coefficient (Wildman–Crippen LogP) is 8.84. The van der Waals surface area contributed by atoms with E-state index in [0.717, 1.165) is 70.6 Å². The minimum Gasteiger partial charge on any atom is -0.462 e. The van der Waals surface area contributed by atoms with Crippen LogP contribution in [-0.4, -0.2) is 98.3 Å². The lowest BCUT2D eigenvalue weighted by molar-refractivity contribution is -0.220. The average Bonchev–Trinajstić information content (AvgIpc) is 3.21. The number of phosphoric ester groups is 1. The van der Waals surface area contributed by atoms with E-state index in [1.54, 1.807) is 0 Å². The normalized spacial score (nSPS) is 22.5. The summed E-state index contributed by atoms with van der Waals surface area (Å²) in [5.41, 5.74) is 0. The molecular weight excluding hydrogens is 779 g/mol. The van der Waals surface area contributed by atoms with Gasteiger partial charge in [-0.2, -0.15) is 0 Å². The molecule has 6 N–H and O–H groups in total. The molecule has 0 saturated heterocycles. The molecule has 13 nitrogen and oxygen atoms in total. The van der Waals surface area contributed by atoms with E-state index in [1.165, 1.54) is 83.5 Å². The van der Waals surface area contributed by atoms with Gasteiger partial charge in [-0.15, -0.1) is 0 Å². The monoisotopic (exact) mass is 863 g/mol. The van der Waals surface area contributed by atoms with E-state index in [4.69, 9.17) is 18.5 Å². The molecule has 0 heterocycles. The van der Waals surface area contributed by atoms with Crippen LogP contribution in [0, 0.1) is 0 Å². The Morgan fingerprint density at radius 1 is 0.508 bits per heavy atom. The van der Waals surface area contributed by atoms with Crippen LogP contribution in [0.1, 0.15) is 194 Å². The van der Waals surface area contributed by atoms with Crippen molar-refractivity contribution < 1.29 is 63.1 Å². The van der Waals surface area contributed by atoms with Gasteiger partial charge < -0.3 is 39.9 Å². The minimum absolute atomic E-state index is 0.0872. The van der Waals surface area contributed by atoms with Gasteiger partial charge in [0.1, 0.15) is 43.2 Å². The van der Waals surface area contributed by atoms with Crippen molar-refractivity contribution in [2.45, 2.75) is 236 Å². The van der Waals surface area contributed by atoms with E-state index in [-0.39, 0.29) is 12.8 Å². The van der Waals surface area contributed by atoms with Crippen LogP contribution in [0.2, 0.25) is 0 Å². The van der Waals surface area contributed by atoms with Gasteiger partial charge >= 0.3 is 19.8 Å². The molecule has 1 aliphatic rings. The van der Waals surface area contributed by atoms with Crippen molar-refractivity contribution in [1.82, 2.24) is 0 Å². The molecule has 8 atom stereocenters. The van der Waals surface area contributed by atoms with E-state index in [1.807, 2.05) is 0 Å². The lowest BCUT2D eigenvalue weighted by Crippen LogP contribution is -2.64. The standard InChI is InChI=1S/C45H83O13P/c1-3-5-7-9-11-13-15-17-18-19-20-22-23-25-27-29-31-33-38(46)55-35-37(36-56-59(53,54)58-45-43(51)41(49)40(48)42(50)44(45)52)57-39(47)34-32-30-28-26-24-21-16-14-12-10-8-6-4-2/h14,16-18,37,40-45,48-52H,3-13,15,19-36H2,1-2H3,(H,53,54)/b16-14-,18-17-/t37-,40?,41-,42?,43?,44?,45?/m1/s1. The summed E-state index contributed by atoms with van der Waals surface area (Å²) in [5, 5.41) is 50.1. The fourth-order valence-electron chi connectivity index (χ4n) is 6.98. The van der Waals surface area contributed by atoms with Crippen molar-refractivity contribution in [2.75, 3.05) is 13.2 Å². The molecule has 346 valence electrons. The van der Waals surface area contributed by atoms with Gasteiger partial charge in [0.05, 0.1) is 6.61 Å². The Balaban J connectivity index is 2.45. The Labute approximate surface area is 356 Å². The molecule has 1 aliphatic carbocycles. The fraction of sp³-hybridized carbons (Fsp3) is 0.867. The zero-order chi connectivity index (χ0) is 43.6. The lowest BCUT2D eigenvalue weighted by Gasteiger charge is -2.41. The summed E-state index contributed by atoms with van der Waals surface area (Å²) >= 11 is 0. The van der Waals surface area contributed by atoms with E-state index < -0.39 is 75.7 Å². The van der Waals surface area contributed by atoms with Crippen molar-refractivity contribution >= 4 is 19.8 Å². The molecule has 0 spiro atoms. The van der Waals surface area contributed by atoms with Crippen LogP contribution in [0.5, 0.6) is 0 Å². The molecular formula is C45H83O13P. The molecule has 0 aliphatic heterocycles. The summed E-state index contributed by atoms with van der Waals surface area (Å²) in [7, 11) is -5.12. The maximum absolute atomic E-state index is 12.8. The van der Waals surface area contributed by atoms with Crippen molar-refractivity contribution in [3.8, 4) is 0 Å². The first-order chi connectivity index (χ1) is 28.4. The number of hydrogen-bond donors (Lipinski definition) is 6. The first kappa shape index (κ1) is 55.3. The number of aliphatic hydroxyl groups is 5. The molecule has 0 aromatic rings. The third kappa shape index (κ3) is 28.5. The zero-order valence-electron chi connectivity index (χ0n) is 36.6. The van der Waals surface area contributed by atoms with Crippen LogP contribution in [-0.2, 0) is 32.7 Å². The first-order valence-corrected chi connectivity index (χ1v) is 24.6. The molecule has 1 saturated carbocycles. The van der Waals surface area contributed by atoms with Crippen LogP contribution in [0.25, 0.3) is 0 Å². The van der Waals surface area contributed by atoms with Gasteiger partial charge in [0.25, 0.3) is 0 Å². The molecule has 1 rings (SSSR count). The van der Waals surface area contributed by atoms with Crippen molar-refractivity contribution in [2.24, 2.45) is 0 Å². The number of carbonyl (C=O) groups excluding carboxylic acids is 2. The lowest BCUT2D eigenvalue weighted by atomic mass is 9.85. The summed E-state index contributed by atoms with van der Waals surface area (Å²) in [4.78, 5) is 35.7. The van der Waals surface area contributed by atoms with Crippen LogP contribution in [0.4, 0.5) is 0 Å². The molecule has 0 aromatic carbocycles. The highest BCUT2D eigenvalue weighted by Crippen LogP contribution is 2.47. The second kappa shape index (κ2) is 35.9. The van der Waals surface area contributed by atoms with E-state index in [2.05, 4.69) is 38.2 Å². The van der Waals surface area contributed by atoms with Crippen LogP contribution >= 0.6 is 7.82 Å². The van der Waals surface area contributed by atoms with Crippen LogP contribution < -0.4 is 0 Å². The first-order valence-electron chi connectivity index (χ1n) is 23.1. The Morgan fingerprint density at radius 3 is 1.31 bits per heavy atom. The third-order valence-corrected chi connectivity index (χ3v) is 11.8. The number of hydrogen-bond acceptors (Lipinski definition) is 12. The Bertz CT molecular complexity index is 1130. The minimum atomic E-state index is -5.12. The maximum Gasteiger partial charge on any atom is 0.472 e. The van der Waals surface area contributed by atoms with Gasteiger partial charge in [-0.3, -0.25) is 18.6 Å². The highest BCUT2D eigenvalue weighted by Gasteiger charge is 2.51. The number of carbonyl (C=O) groups is 2. The predicted molar refractivity (Wildman–Crippen MR) is 230 cm³/mol. The van der Waals surface area contributed by atoms with Gasteiger partial charge in [0.15, 0.2) is 6.10 Å². The van der Waals surface area contributed by atoms with Crippen LogP contribution in [0.3, 0.4) is 0 Å². The highest BCUT2D eigenvalue weighted by molar-refractivity contribution is 7.47. The number of allylic oxidation sites excluding steroid dienone is 4. The van der Waals surface area contributed by atoms with Gasteiger partial charge in [0, 0.05) is 12.8 Å². The van der Waals surface area contributed by atoms with Crippen molar-refractivity contribution in [3.05, 3.63) is 24.3 Å². The Kier molecular flexibility index (Phi) is 33.7. The van der Waals surface area contributed by atoms with Gasteiger partial charge in [-0.05, 0) is 64.2 Å². The highest BCUT2D eigenvalue weighted by atomic mass is 31.2. The van der Waals surface area contributed by atoms with Crippen molar-refractivity contribution in [1.29, 1.82) is 0 Å². The summed E-state index contributed by atoms with van der Waals surface area (Å²) in [6, 6.07) is 0. The average molecular weight is 863 g/mol. The molecule has 0 aromatic heterocycles. The zero-order valence-corrected chi connectivity index (χ0v) is 37.4. The number of ether oxygens (including phenoxy) is 2. The SMILES string of the molecule is CCCCCC/C=C\CCCCCCCC(=O)O[C@H](COC(=O)CCCCCCCCC/C=C\CCCCCCCC)COP(=O)(O)OC1C(O)C(O)C(O)[C@@H](O)C1O. The van der Waals surface area contributed by atoms with E-state index >= 15 is 0 Å². The van der Waals surface area contributed by atoms with E-state index in [0.29, 0.717) is 12.8 Å². The third-order valence-electron chi connectivity index (χ3n) is 10.8. The van der Waals surface area contributed by atoms with Crippen LogP contribution in [0.15, 0.2) is 24.3 Å². The van der Waals surface area contributed by atoms with Crippen molar-refractivity contribution in [3.63, 3.8) is 0 Å². The number of aliphatic hydroxyl groups excluding tert-OH is 5. The van der Waals surface area contributed by atoms with Gasteiger partial charge in [-0.1, -0.05) is 141 Å². The van der Waals surface area contributed by atoms with E-state index in [9.17, 15) is 44.6 Å². The second-order valence-corrected chi connectivity index (χ2v) is 17.7. The molecule has 1 fully saturated rings.